The molecule has 0 heterocycles. The van der Waals surface area contributed by atoms with E-state index >= 15 is 0 Å². The van der Waals surface area contributed by atoms with Crippen molar-refractivity contribution in [2.75, 3.05) is 32.9 Å². The summed E-state index contributed by atoms with van der Waals surface area (Å²) in [4.78, 5) is 21.7. The maximum atomic E-state index is 11.1. The third kappa shape index (κ3) is 8.19. The molecular weight excluding hydrogens is 212 g/mol. The SMILES string of the molecule is CC(C)C(=O)NCCOCCNC(=O)CO. The molecule has 0 unspecified atom stereocenters. The van der Waals surface area contributed by atoms with E-state index in [0.717, 1.165) is 0 Å². The van der Waals surface area contributed by atoms with E-state index in [4.69, 9.17) is 9.84 Å². The van der Waals surface area contributed by atoms with E-state index in [1.807, 2.05) is 13.8 Å². The van der Waals surface area contributed by atoms with Crippen LogP contribution in [0.1, 0.15) is 13.8 Å². The number of aliphatic hydroxyl groups is 1. The smallest absolute Gasteiger partial charge is 0.245 e. The van der Waals surface area contributed by atoms with E-state index in [-0.39, 0.29) is 11.8 Å². The lowest BCUT2D eigenvalue weighted by atomic mass is 10.2. The quantitative estimate of drug-likeness (QED) is 0.463. The molecule has 2 amide bonds. The minimum absolute atomic E-state index is 0.00261. The summed E-state index contributed by atoms with van der Waals surface area (Å²) in [6.07, 6.45) is 0. The fourth-order valence-electron chi connectivity index (χ4n) is 0.871. The van der Waals surface area contributed by atoms with Gasteiger partial charge in [0.2, 0.25) is 11.8 Å². The van der Waals surface area contributed by atoms with Crippen LogP contribution < -0.4 is 10.6 Å². The van der Waals surface area contributed by atoms with Gasteiger partial charge in [-0.25, -0.2) is 0 Å². The van der Waals surface area contributed by atoms with Gasteiger partial charge in [-0.1, -0.05) is 13.8 Å². The molecule has 0 bridgehead atoms. The predicted molar refractivity (Wildman–Crippen MR) is 58.8 cm³/mol. The molecule has 94 valence electrons. The molecule has 6 heteroatoms. The average molecular weight is 232 g/mol. The van der Waals surface area contributed by atoms with Gasteiger partial charge in [0.25, 0.3) is 0 Å². The molecule has 0 fully saturated rings. The monoisotopic (exact) mass is 232 g/mol. The van der Waals surface area contributed by atoms with Gasteiger partial charge in [-0.15, -0.1) is 0 Å². The molecule has 0 aliphatic carbocycles. The molecule has 0 saturated heterocycles. The van der Waals surface area contributed by atoms with Gasteiger partial charge in [0.15, 0.2) is 0 Å². The first kappa shape index (κ1) is 14.9. The number of nitrogens with one attached hydrogen (secondary N) is 2. The summed E-state index contributed by atoms with van der Waals surface area (Å²) in [5, 5.41) is 13.5. The lowest BCUT2D eigenvalue weighted by Crippen LogP contribution is -2.32. The third-order valence-electron chi connectivity index (χ3n) is 1.78. The zero-order valence-corrected chi connectivity index (χ0v) is 9.78. The fraction of sp³-hybridized carbons (Fsp3) is 0.800. The Morgan fingerprint density at radius 3 is 2.25 bits per heavy atom. The zero-order chi connectivity index (χ0) is 12.4. The molecule has 3 N–H and O–H groups in total. The minimum Gasteiger partial charge on any atom is -0.387 e. The van der Waals surface area contributed by atoms with Gasteiger partial charge in [-0.2, -0.15) is 0 Å². The summed E-state index contributed by atoms with van der Waals surface area (Å²) in [5.74, 6) is -0.447. The number of rotatable bonds is 8. The Bertz CT molecular complexity index is 219. The van der Waals surface area contributed by atoms with Crippen LogP contribution in [0.3, 0.4) is 0 Å². The maximum Gasteiger partial charge on any atom is 0.245 e. The number of hydrogen-bond donors (Lipinski definition) is 3. The van der Waals surface area contributed by atoms with Crippen molar-refractivity contribution in [3.8, 4) is 0 Å². The highest BCUT2D eigenvalue weighted by atomic mass is 16.5. The summed E-state index contributed by atoms with van der Waals surface area (Å²) in [6.45, 7) is 4.73. The van der Waals surface area contributed by atoms with E-state index in [9.17, 15) is 9.59 Å². The summed E-state index contributed by atoms with van der Waals surface area (Å²) in [5.41, 5.74) is 0. The standard InChI is InChI=1S/C10H20N2O4/c1-8(2)10(15)12-4-6-16-5-3-11-9(14)7-13/h8,13H,3-7H2,1-2H3,(H,11,14)(H,12,15). The molecule has 0 aliphatic heterocycles. The van der Waals surface area contributed by atoms with Crippen molar-refractivity contribution in [2.24, 2.45) is 5.92 Å². The average Bonchev–Trinajstić information content (AvgIpc) is 2.26. The molecule has 16 heavy (non-hydrogen) atoms. The highest BCUT2D eigenvalue weighted by Gasteiger charge is 2.04. The highest BCUT2D eigenvalue weighted by Crippen LogP contribution is 1.89. The van der Waals surface area contributed by atoms with Crippen molar-refractivity contribution in [2.45, 2.75) is 13.8 Å². The van der Waals surface area contributed by atoms with Gasteiger partial charge < -0.3 is 20.5 Å². The molecular formula is C10H20N2O4. The molecule has 0 radical (unpaired) electrons. The normalized spacial score (nSPS) is 10.2. The zero-order valence-electron chi connectivity index (χ0n) is 9.78. The van der Waals surface area contributed by atoms with Crippen molar-refractivity contribution in [3.63, 3.8) is 0 Å². The van der Waals surface area contributed by atoms with Crippen LogP contribution in [0.15, 0.2) is 0 Å². The highest BCUT2D eigenvalue weighted by molar-refractivity contribution is 5.77. The second-order valence-electron chi connectivity index (χ2n) is 3.57. The second-order valence-corrected chi connectivity index (χ2v) is 3.57. The third-order valence-corrected chi connectivity index (χ3v) is 1.78. The molecule has 0 aromatic rings. The van der Waals surface area contributed by atoms with Crippen molar-refractivity contribution in [1.29, 1.82) is 0 Å². The minimum atomic E-state index is -0.509. The first-order valence-electron chi connectivity index (χ1n) is 5.31. The van der Waals surface area contributed by atoms with Crippen LogP contribution in [0.2, 0.25) is 0 Å². The Morgan fingerprint density at radius 2 is 1.75 bits per heavy atom. The van der Waals surface area contributed by atoms with Gasteiger partial charge in [0.1, 0.15) is 6.61 Å². The van der Waals surface area contributed by atoms with Crippen LogP contribution in [0.4, 0.5) is 0 Å². The Morgan fingerprint density at radius 1 is 1.19 bits per heavy atom. The lowest BCUT2D eigenvalue weighted by Gasteiger charge is -2.08. The van der Waals surface area contributed by atoms with E-state index in [0.29, 0.717) is 26.3 Å². The number of hydrogen-bond acceptors (Lipinski definition) is 4. The number of carbonyl (C=O) groups is 2. The molecule has 0 spiro atoms. The Labute approximate surface area is 95.4 Å². The van der Waals surface area contributed by atoms with E-state index in [1.54, 1.807) is 0 Å². The largest absolute Gasteiger partial charge is 0.387 e. The summed E-state index contributed by atoms with van der Waals surface area (Å²) >= 11 is 0. The van der Waals surface area contributed by atoms with Gasteiger partial charge in [-0.3, -0.25) is 9.59 Å². The van der Waals surface area contributed by atoms with E-state index < -0.39 is 12.5 Å². The van der Waals surface area contributed by atoms with E-state index in [1.165, 1.54) is 0 Å². The summed E-state index contributed by atoms with van der Waals surface area (Å²) < 4.78 is 5.15. The maximum absolute atomic E-state index is 11.1. The van der Waals surface area contributed by atoms with Crippen LogP contribution in [-0.4, -0.2) is 49.8 Å². The Hall–Kier alpha value is -1.14. The summed E-state index contributed by atoms with van der Waals surface area (Å²) in [7, 11) is 0. The first-order valence-corrected chi connectivity index (χ1v) is 5.31. The molecule has 6 nitrogen and oxygen atoms in total. The van der Waals surface area contributed by atoms with Crippen LogP contribution in [-0.2, 0) is 14.3 Å². The predicted octanol–water partition coefficient (Wildman–Crippen LogP) is -1.12. The summed E-state index contributed by atoms with van der Waals surface area (Å²) in [6, 6.07) is 0. The van der Waals surface area contributed by atoms with Crippen LogP contribution in [0.5, 0.6) is 0 Å². The molecule has 0 rings (SSSR count). The number of aliphatic hydroxyl groups excluding tert-OH is 1. The fourth-order valence-corrected chi connectivity index (χ4v) is 0.871. The van der Waals surface area contributed by atoms with Crippen molar-refractivity contribution >= 4 is 11.8 Å². The lowest BCUT2D eigenvalue weighted by molar-refractivity contribution is -0.124. The van der Waals surface area contributed by atoms with Crippen LogP contribution >= 0.6 is 0 Å². The number of amides is 2. The van der Waals surface area contributed by atoms with Gasteiger partial charge in [0, 0.05) is 19.0 Å². The van der Waals surface area contributed by atoms with Gasteiger partial charge in [-0.05, 0) is 0 Å². The van der Waals surface area contributed by atoms with Crippen LogP contribution in [0.25, 0.3) is 0 Å². The molecule has 0 aliphatic rings. The number of carbonyl (C=O) groups excluding carboxylic acids is 2. The van der Waals surface area contributed by atoms with Crippen LogP contribution in [0, 0.1) is 5.92 Å². The van der Waals surface area contributed by atoms with Crippen molar-refractivity contribution in [1.82, 2.24) is 10.6 Å². The Kier molecular flexibility index (Phi) is 8.46. The van der Waals surface area contributed by atoms with E-state index in [2.05, 4.69) is 10.6 Å². The van der Waals surface area contributed by atoms with Gasteiger partial charge in [0.05, 0.1) is 13.2 Å². The van der Waals surface area contributed by atoms with Crippen molar-refractivity contribution in [3.05, 3.63) is 0 Å². The topological polar surface area (TPSA) is 87.7 Å². The molecule has 0 aromatic heterocycles. The van der Waals surface area contributed by atoms with Gasteiger partial charge >= 0.3 is 0 Å². The number of ether oxygens (including phenoxy) is 1. The molecule has 0 aromatic carbocycles. The molecule has 0 saturated carbocycles. The first-order chi connectivity index (χ1) is 7.57. The van der Waals surface area contributed by atoms with Crippen molar-refractivity contribution < 1.29 is 19.4 Å². The second kappa shape index (κ2) is 9.11. The molecule has 0 atom stereocenters. The Balaban J connectivity index is 3.22.